The molecule has 2 rings (SSSR count). The van der Waals surface area contributed by atoms with Crippen LogP contribution in [-0.2, 0) is 16.6 Å². The molecule has 0 aliphatic heterocycles. The van der Waals surface area contributed by atoms with Gasteiger partial charge in [0.2, 0.25) is 0 Å². The Morgan fingerprint density at radius 3 is 2.38 bits per heavy atom. The van der Waals surface area contributed by atoms with Crippen molar-refractivity contribution >= 4 is 27.3 Å². The summed E-state index contributed by atoms with van der Waals surface area (Å²) in [6.45, 7) is 1.98. The van der Waals surface area contributed by atoms with Crippen molar-refractivity contribution in [2.24, 2.45) is 5.73 Å². The maximum atomic E-state index is 12.8. The van der Waals surface area contributed by atoms with Crippen LogP contribution < -0.4 is 10.0 Å². The van der Waals surface area contributed by atoms with Crippen molar-refractivity contribution in [3.8, 4) is 0 Å². The fourth-order valence-corrected chi connectivity index (χ4v) is 3.91. The lowest BCUT2D eigenvalue weighted by molar-refractivity contribution is 0.593. The standard InChI is InChI=1S/C15H17ClN2O2S/c1-11-12(10-17)8-13(16)9-15(11)21(19,20)18(2)14-6-4-3-5-7-14/h3-9H,10,17H2,1-2H3. The van der Waals surface area contributed by atoms with E-state index in [1.807, 2.05) is 6.07 Å². The molecule has 0 spiro atoms. The predicted molar refractivity (Wildman–Crippen MR) is 86.1 cm³/mol. The Morgan fingerprint density at radius 2 is 1.81 bits per heavy atom. The molecule has 0 fully saturated rings. The highest BCUT2D eigenvalue weighted by molar-refractivity contribution is 7.92. The van der Waals surface area contributed by atoms with Gasteiger partial charge in [0.05, 0.1) is 10.6 Å². The molecule has 0 bridgehead atoms. The predicted octanol–water partition coefficient (Wildman–Crippen LogP) is 2.93. The molecular formula is C15H17ClN2O2S. The lowest BCUT2D eigenvalue weighted by Gasteiger charge is -2.21. The number of nitrogens with two attached hydrogens (primary N) is 1. The number of para-hydroxylation sites is 1. The van der Waals surface area contributed by atoms with Gasteiger partial charge >= 0.3 is 0 Å². The van der Waals surface area contributed by atoms with E-state index in [9.17, 15) is 8.42 Å². The molecule has 0 aliphatic carbocycles. The number of hydrogen-bond acceptors (Lipinski definition) is 3. The van der Waals surface area contributed by atoms with E-state index in [0.29, 0.717) is 16.3 Å². The number of hydrogen-bond donors (Lipinski definition) is 1. The summed E-state index contributed by atoms with van der Waals surface area (Å²) in [5, 5.41) is 0.362. The fourth-order valence-electron chi connectivity index (χ4n) is 2.11. The van der Waals surface area contributed by atoms with E-state index in [4.69, 9.17) is 17.3 Å². The smallest absolute Gasteiger partial charge is 0.264 e. The molecule has 0 atom stereocenters. The molecule has 0 radical (unpaired) electrons. The first kappa shape index (κ1) is 15.8. The van der Waals surface area contributed by atoms with Crippen LogP contribution in [0.25, 0.3) is 0 Å². The lowest BCUT2D eigenvalue weighted by Crippen LogP contribution is -2.27. The molecule has 0 aromatic heterocycles. The zero-order chi connectivity index (χ0) is 15.6. The molecule has 21 heavy (non-hydrogen) atoms. The van der Waals surface area contributed by atoms with E-state index >= 15 is 0 Å². The molecule has 0 amide bonds. The van der Waals surface area contributed by atoms with Crippen molar-refractivity contribution in [3.05, 3.63) is 58.6 Å². The summed E-state index contributed by atoms with van der Waals surface area (Å²) in [5.41, 5.74) is 7.59. The minimum atomic E-state index is -3.68. The molecule has 4 nitrogen and oxygen atoms in total. The van der Waals surface area contributed by atoms with E-state index in [1.165, 1.54) is 17.4 Å². The normalized spacial score (nSPS) is 11.4. The average Bonchev–Trinajstić information content (AvgIpc) is 2.49. The Labute approximate surface area is 130 Å². The quantitative estimate of drug-likeness (QED) is 0.940. The second-order valence-corrected chi connectivity index (χ2v) is 7.07. The van der Waals surface area contributed by atoms with Crippen LogP contribution in [0.5, 0.6) is 0 Å². The molecule has 2 aromatic carbocycles. The lowest BCUT2D eigenvalue weighted by atomic mass is 10.1. The van der Waals surface area contributed by atoms with Crippen LogP contribution in [0.1, 0.15) is 11.1 Å². The van der Waals surface area contributed by atoms with Gasteiger partial charge in [-0.3, -0.25) is 4.31 Å². The molecule has 0 saturated heterocycles. The molecule has 0 heterocycles. The highest BCUT2D eigenvalue weighted by atomic mass is 35.5. The topological polar surface area (TPSA) is 63.4 Å². The first-order valence-corrected chi connectivity index (χ1v) is 8.23. The van der Waals surface area contributed by atoms with Crippen LogP contribution >= 0.6 is 11.6 Å². The summed E-state index contributed by atoms with van der Waals surface area (Å²) in [6.07, 6.45) is 0. The van der Waals surface area contributed by atoms with Crippen LogP contribution in [0.4, 0.5) is 5.69 Å². The van der Waals surface area contributed by atoms with Gasteiger partial charge in [-0.1, -0.05) is 29.8 Å². The van der Waals surface area contributed by atoms with Gasteiger partial charge in [-0.2, -0.15) is 0 Å². The third-order valence-electron chi connectivity index (χ3n) is 3.41. The van der Waals surface area contributed by atoms with Crippen molar-refractivity contribution < 1.29 is 8.42 Å². The van der Waals surface area contributed by atoms with Gasteiger partial charge in [-0.25, -0.2) is 8.42 Å². The molecule has 2 aromatic rings. The molecule has 6 heteroatoms. The van der Waals surface area contributed by atoms with Crippen molar-refractivity contribution in [2.75, 3.05) is 11.4 Å². The Hall–Kier alpha value is -1.56. The van der Waals surface area contributed by atoms with E-state index in [0.717, 1.165) is 5.56 Å². The number of benzene rings is 2. The molecule has 0 aliphatic rings. The van der Waals surface area contributed by atoms with Crippen molar-refractivity contribution in [3.63, 3.8) is 0 Å². The molecule has 112 valence electrons. The molecule has 0 saturated carbocycles. The second-order valence-electron chi connectivity index (χ2n) is 4.70. The van der Waals surface area contributed by atoms with Gasteiger partial charge in [0.25, 0.3) is 10.0 Å². The van der Waals surface area contributed by atoms with Gasteiger partial charge in [-0.15, -0.1) is 0 Å². The van der Waals surface area contributed by atoms with Crippen LogP contribution in [0, 0.1) is 6.92 Å². The zero-order valence-electron chi connectivity index (χ0n) is 11.9. The van der Waals surface area contributed by atoms with Crippen molar-refractivity contribution in [1.29, 1.82) is 0 Å². The monoisotopic (exact) mass is 324 g/mol. The van der Waals surface area contributed by atoms with E-state index in [1.54, 1.807) is 37.3 Å². The third-order valence-corrected chi connectivity index (χ3v) is 5.54. The number of sulfonamides is 1. The summed E-state index contributed by atoms with van der Waals surface area (Å²) < 4.78 is 26.8. The molecule has 2 N–H and O–H groups in total. The van der Waals surface area contributed by atoms with Crippen molar-refractivity contribution in [2.45, 2.75) is 18.4 Å². The summed E-state index contributed by atoms with van der Waals surface area (Å²) in [6, 6.07) is 12.0. The van der Waals surface area contributed by atoms with Crippen LogP contribution in [0.2, 0.25) is 5.02 Å². The summed E-state index contributed by atoms with van der Waals surface area (Å²) >= 11 is 6.02. The summed E-state index contributed by atoms with van der Waals surface area (Å²) in [7, 11) is -2.16. The molecule has 0 unspecified atom stereocenters. The Kier molecular flexibility index (Phi) is 4.56. The highest BCUT2D eigenvalue weighted by Crippen LogP contribution is 2.28. The van der Waals surface area contributed by atoms with Gasteiger partial charge in [0.15, 0.2) is 0 Å². The maximum Gasteiger partial charge on any atom is 0.264 e. The minimum Gasteiger partial charge on any atom is -0.326 e. The third kappa shape index (κ3) is 3.05. The van der Waals surface area contributed by atoms with Crippen LogP contribution in [0.15, 0.2) is 47.4 Å². The zero-order valence-corrected chi connectivity index (χ0v) is 13.4. The van der Waals surface area contributed by atoms with Gasteiger partial charge in [-0.05, 0) is 42.3 Å². The van der Waals surface area contributed by atoms with Gasteiger partial charge < -0.3 is 5.73 Å². The largest absolute Gasteiger partial charge is 0.326 e. The Bertz CT molecular complexity index is 746. The summed E-state index contributed by atoms with van der Waals surface area (Å²) in [5.74, 6) is 0. The highest BCUT2D eigenvalue weighted by Gasteiger charge is 2.24. The Balaban J connectivity index is 2.57. The van der Waals surface area contributed by atoms with Gasteiger partial charge in [0, 0.05) is 18.6 Å². The van der Waals surface area contributed by atoms with E-state index in [-0.39, 0.29) is 11.4 Å². The molecular weight excluding hydrogens is 308 g/mol. The van der Waals surface area contributed by atoms with Crippen LogP contribution in [-0.4, -0.2) is 15.5 Å². The van der Waals surface area contributed by atoms with Crippen molar-refractivity contribution in [1.82, 2.24) is 0 Å². The first-order valence-electron chi connectivity index (χ1n) is 6.41. The van der Waals surface area contributed by atoms with E-state index in [2.05, 4.69) is 0 Å². The fraction of sp³-hybridized carbons (Fsp3) is 0.200. The van der Waals surface area contributed by atoms with Gasteiger partial charge in [0.1, 0.15) is 0 Å². The van der Waals surface area contributed by atoms with Crippen LogP contribution in [0.3, 0.4) is 0 Å². The minimum absolute atomic E-state index is 0.182. The Morgan fingerprint density at radius 1 is 1.19 bits per heavy atom. The number of anilines is 1. The number of halogens is 1. The summed E-state index contributed by atoms with van der Waals surface area (Å²) in [4.78, 5) is 0.182. The first-order chi connectivity index (χ1) is 9.87. The SMILES string of the molecule is Cc1c(CN)cc(Cl)cc1S(=O)(=O)N(C)c1ccccc1. The van der Waals surface area contributed by atoms with E-state index < -0.39 is 10.0 Å². The number of nitrogens with zero attached hydrogens (tertiary/aromatic N) is 1. The maximum absolute atomic E-state index is 12.8. The second kappa shape index (κ2) is 6.05. The number of rotatable bonds is 4. The average molecular weight is 325 g/mol.